The van der Waals surface area contributed by atoms with Gasteiger partial charge in [0.15, 0.2) is 0 Å². The van der Waals surface area contributed by atoms with Crippen LogP contribution in [0, 0.1) is 0 Å². The van der Waals surface area contributed by atoms with Crippen molar-refractivity contribution in [3.8, 4) is 34.2 Å². The number of rotatable bonds is 8. The lowest BCUT2D eigenvalue weighted by atomic mass is 9.33. The molecule has 0 saturated carbocycles. The lowest BCUT2D eigenvalue weighted by Gasteiger charge is -2.44. The molecular formula is C82H56B2N10. The first-order valence-corrected chi connectivity index (χ1v) is 32.1. The maximum absolute atomic E-state index is 4.87. The van der Waals surface area contributed by atoms with Crippen LogP contribution in [0.1, 0.15) is 11.1 Å². The Balaban J connectivity index is 0.000000139. The Bertz CT molecular complexity index is 5650. The third kappa shape index (κ3) is 8.60. The van der Waals surface area contributed by atoms with Crippen LogP contribution in [0.2, 0.25) is 0 Å². The fourth-order valence-electron chi connectivity index (χ4n) is 15.4. The highest BCUT2D eigenvalue weighted by Crippen LogP contribution is 2.43. The van der Waals surface area contributed by atoms with Gasteiger partial charge in [0.25, 0.3) is 13.4 Å². The third-order valence-electron chi connectivity index (χ3n) is 19.5. The highest BCUT2D eigenvalue weighted by Gasteiger charge is 2.44. The predicted octanol–water partition coefficient (Wildman–Crippen LogP) is 14.9. The largest absolute Gasteiger partial charge is 0.356 e. The van der Waals surface area contributed by atoms with Crippen molar-refractivity contribution in [1.29, 1.82) is 0 Å². The molecule has 0 unspecified atom stereocenters. The number of anilines is 8. The molecule has 94 heavy (non-hydrogen) atoms. The second-order valence-corrected chi connectivity index (χ2v) is 24.7. The lowest BCUT2D eigenvalue weighted by molar-refractivity contribution is 0.962. The summed E-state index contributed by atoms with van der Waals surface area (Å²) in [6.07, 6.45) is 7.48. The summed E-state index contributed by atoms with van der Waals surface area (Å²) in [5, 5.41) is 12.4. The van der Waals surface area contributed by atoms with Gasteiger partial charge >= 0.3 is 0 Å². The Hall–Kier alpha value is -12.3. The minimum atomic E-state index is -0.0106. The number of para-hydroxylation sites is 2. The zero-order chi connectivity index (χ0) is 61.8. The Morgan fingerprint density at radius 2 is 0.755 bits per heavy atom. The van der Waals surface area contributed by atoms with Crippen molar-refractivity contribution >= 4 is 135 Å². The molecule has 10 aromatic carbocycles. The molecule has 0 fully saturated rings. The molecule has 4 aliphatic heterocycles. The minimum Gasteiger partial charge on any atom is -0.356 e. The number of nitrogens with zero attached hydrogens (tertiary/aromatic N) is 8. The van der Waals surface area contributed by atoms with Crippen molar-refractivity contribution < 1.29 is 0 Å². The SMILES string of the molecule is c1ccc(-c2ccc3c(c2)B2c4cc5c(cc4Nc4cccc(c42)N3)c2ccccc2n5-c2ccccn2)nc1.c1ccc(CN2c3ccc(-c4ccccn4)cc3B3c4cc5c(cc4N(Cc4ccccc4)c4cccc2c43)c2ccccc2n5-c2ccccn2)cc1. The first-order valence-electron chi connectivity index (χ1n) is 32.1. The van der Waals surface area contributed by atoms with Crippen molar-refractivity contribution in [2.75, 3.05) is 20.4 Å². The van der Waals surface area contributed by atoms with Gasteiger partial charge in [-0.05, 0) is 176 Å². The number of hydrogen-bond donors (Lipinski definition) is 2. The molecule has 12 heteroatoms. The van der Waals surface area contributed by atoms with Crippen molar-refractivity contribution in [2.45, 2.75) is 13.1 Å². The van der Waals surface area contributed by atoms with Crippen LogP contribution in [0.25, 0.3) is 77.8 Å². The minimum absolute atomic E-state index is 0.0106. The monoisotopic (exact) mass is 1200 g/mol. The topological polar surface area (TPSA) is 92.0 Å². The van der Waals surface area contributed by atoms with E-state index in [0.717, 1.165) is 92.1 Å². The molecule has 10 nitrogen and oxygen atoms in total. The van der Waals surface area contributed by atoms with Crippen LogP contribution in [-0.2, 0) is 13.1 Å². The number of hydrogen-bond acceptors (Lipinski definition) is 8. The Morgan fingerprint density at radius 3 is 1.34 bits per heavy atom. The van der Waals surface area contributed by atoms with Crippen LogP contribution in [-0.4, -0.2) is 42.5 Å². The fourth-order valence-corrected chi connectivity index (χ4v) is 15.4. The van der Waals surface area contributed by atoms with E-state index in [0.29, 0.717) is 0 Å². The number of fused-ring (bicyclic) bond motifs is 14. The molecule has 6 aromatic heterocycles. The van der Waals surface area contributed by atoms with Crippen LogP contribution in [0.5, 0.6) is 0 Å². The van der Waals surface area contributed by atoms with Gasteiger partial charge in [-0.3, -0.25) is 19.1 Å². The quantitative estimate of drug-likeness (QED) is 0.145. The third-order valence-corrected chi connectivity index (χ3v) is 19.5. The van der Waals surface area contributed by atoms with E-state index >= 15 is 0 Å². The van der Waals surface area contributed by atoms with Gasteiger partial charge in [0.2, 0.25) is 0 Å². The van der Waals surface area contributed by atoms with E-state index < -0.39 is 0 Å². The van der Waals surface area contributed by atoms with Gasteiger partial charge in [-0.15, -0.1) is 0 Å². The molecule has 440 valence electrons. The van der Waals surface area contributed by atoms with Gasteiger partial charge in [-0.2, -0.15) is 0 Å². The summed E-state index contributed by atoms with van der Waals surface area (Å²) in [6, 6.07) is 100. The fraction of sp³-hybridized carbons (Fsp3) is 0.0244. The Morgan fingerprint density at radius 1 is 0.287 bits per heavy atom. The van der Waals surface area contributed by atoms with Crippen LogP contribution in [0.15, 0.2) is 304 Å². The number of pyridine rings is 4. The maximum Gasteiger partial charge on any atom is 0.252 e. The van der Waals surface area contributed by atoms with E-state index in [1.54, 1.807) is 0 Å². The van der Waals surface area contributed by atoms with Crippen molar-refractivity contribution in [2.24, 2.45) is 0 Å². The van der Waals surface area contributed by atoms with Crippen molar-refractivity contribution in [3.05, 3.63) is 315 Å². The summed E-state index contributed by atoms with van der Waals surface area (Å²) in [5.74, 6) is 1.83. The molecule has 0 atom stereocenters. The summed E-state index contributed by atoms with van der Waals surface area (Å²) in [5.41, 5.74) is 28.5. The molecule has 0 radical (unpaired) electrons. The molecule has 0 aliphatic carbocycles. The molecule has 10 heterocycles. The second-order valence-electron chi connectivity index (χ2n) is 24.7. The highest BCUT2D eigenvalue weighted by molar-refractivity contribution is 7.01. The van der Waals surface area contributed by atoms with Gasteiger partial charge in [-0.25, -0.2) is 9.97 Å². The van der Waals surface area contributed by atoms with E-state index in [9.17, 15) is 0 Å². The molecule has 0 spiro atoms. The van der Waals surface area contributed by atoms with Crippen LogP contribution in [0.3, 0.4) is 0 Å². The molecule has 0 amide bonds. The van der Waals surface area contributed by atoms with E-state index in [1.807, 2.05) is 61.2 Å². The van der Waals surface area contributed by atoms with Gasteiger partial charge < -0.3 is 20.4 Å². The van der Waals surface area contributed by atoms with Gasteiger partial charge in [0, 0.05) is 105 Å². The Kier molecular flexibility index (Phi) is 12.4. The van der Waals surface area contributed by atoms with E-state index in [-0.39, 0.29) is 13.4 Å². The number of aromatic nitrogens is 6. The first-order chi connectivity index (χ1) is 46.6. The maximum atomic E-state index is 4.87. The molecule has 16 aromatic rings. The summed E-state index contributed by atoms with van der Waals surface area (Å²) >= 11 is 0. The zero-order valence-corrected chi connectivity index (χ0v) is 51.0. The zero-order valence-electron chi connectivity index (χ0n) is 51.0. The van der Waals surface area contributed by atoms with Crippen molar-refractivity contribution in [3.63, 3.8) is 0 Å². The molecule has 0 saturated heterocycles. The average Bonchev–Trinajstić information content (AvgIpc) is 1.10. The highest BCUT2D eigenvalue weighted by atomic mass is 15.2. The van der Waals surface area contributed by atoms with Gasteiger partial charge in [0.05, 0.1) is 33.5 Å². The normalized spacial score (nSPS) is 12.9. The molecule has 2 N–H and O–H groups in total. The Labute approximate surface area is 543 Å². The van der Waals surface area contributed by atoms with Crippen molar-refractivity contribution in [1.82, 2.24) is 29.1 Å². The standard InChI is InChI=1S/C48H34BN5.C34H22BN5/c1-3-14-33(15-4-1)31-52-42-25-24-35(40-19-9-11-26-50-40)28-38(42)49-39-30-45-37(36-18-7-8-20-41(36)54(45)47-23-10-12-27-51-47)29-46(39)53(32-34-16-5-2-6-17-34)44-22-13-21-43(52)48(44)49;1-2-12-31-22(8-1)23-19-30-25(20-32(23)40(31)33-13-4-6-17-37-33)35-24-18-21(26-9-3-5-16-36-26)14-15-27(24)38-28-10-7-11-29(39-30)34(28)35/h1-30H,31-32H2;1-20,38-39H. The predicted molar refractivity (Wildman–Crippen MR) is 390 cm³/mol. The number of benzene rings is 10. The first kappa shape index (κ1) is 53.6. The average molecular weight is 1200 g/mol. The molecule has 0 bridgehead atoms. The van der Waals surface area contributed by atoms with E-state index in [1.165, 1.54) is 88.2 Å². The van der Waals surface area contributed by atoms with Gasteiger partial charge in [-0.1, -0.05) is 158 Å². The summed E-state index contributed by atoms with van der Waals surface area (Å²) in [4.78, 5) is 24.1. The summed E-state index contributed by atoms with van der Waals surface area (Å²) in [6.45, 7) is 1.57. The molecule has 20 rings (SSSR count). The number of nitrogens with one attached hydrogen (secondary N) is 2. The van der Waals surface area contributed by atoms with Gasteiger partial charge in [0.1, 0.15) is 11.6 Å². The summed E-state index contributed by atoms with van der Waals surface area (Å²) in [7, 11) is 0. The molecular weight excluding hydrogens is 1150 g/mol. The van der Waals surface area contributed by atoms with Crippen LogP contribution >= 0.6 is 0 Å². The van der Waals surface area contributed by atoms with Crippen LogP contribution in [0.4, 0.5) is 45.5 Å². The summed E-state index contributed by atoms with van der Waals surface area (Å²) < 4.78 is 4.63. The van der Waals surface area contributed by atoms with E-state index in [2.05, 4.69) is 277 Å². The lowest BCUT2D eigenvalue weighted by Crippen LogP contribution is -2.62. The van der Waals surface area contributed by atoms with Crippen LogP contribution < -0.4 is 53.2 Å². The second kappa shape index (κ2) is 21.7. The smallest absolute Gasteiger partial charge is 0.252 e. The molecule has 4 aliphatic rings. The van der Waals surface area contributed by atoms with E-state index in [4.69, 9.17) is 15.0 Å².